The van der Waals surface area contributed by atoms with Crippen molar-refractivity contribution in [3.63, 3.8) is 0 Å². The molecule has 3 nitrogen and oxygen atoms in total. The highest BCUT2D eigenvalue weighted by Gasteiger charge is 2.21. The Balaban J connectivity index is 2.64. The van der Waals surface area contributed by atoms with Crippen LogP contribution in [0.25, 0.3) is 0 Å². The van der Waals surface area contributed by atoms with Crippen molar-refractivity contribution in [2.75, 3.05) is 0 Å². The Kier molecular flexibility index (Phi) is 3.16. The number of hydrogen-bond donors (Lipinski definition) is 2. The summed E-state index contributed by atoms with van der Waals surface area (Å²) in [6.07, 6.45) is 4.81. The van der Waals surface area contributed by atoms with Crippen molar-refractivity contribution in [2.45, 2.75) is 13.0 Å². The second-order valence-electron chi connectivity index (χ2n) is 2.48. The summed E-state index contributed by atoms with van der Waals surface area (Å²) in [5.41, 5.74) is 0.915. The molecule has 0 amide bonds. The van der Waals surface area contributed by atoms with Crippen LogP contribution in [-0.4, -0.2) is 28.3 Å². The highest BCUT2D eigenvalue weighted by Crippen LogP contribution is 2.12. The van der Waals surface area contributed by atoms with Crippen molar-refractivity contribution < 1.29 is 14.7 Å². The first kappa shape index (κ1) is 9.60. The molecule has 2 N–H and O–H groups in total. The van der Waals surface area contributed by atoms with Crippen LogP contribution in [0.4, 0.5) is 0 Å². The van der Waals surface area contributed by atoms with Gasteiger partial charge in [-0.25, -0.2) is 0 Å². The molecular weight excluding hydrogens is 175 g/mol. The van der Waals surface area contributed by atoms with Crippen LogP contribution >= 0.6 is 12.2 Å². The fraction of sp³-hybridized carbons (Fsp3) is 0.286. The summed E-state index contributed by atoms with van der Waals surface area (Å²) in [6, 6.07) is 0. The highest BCUT2D eigenvalue weighted by atomic mass is 32.1. The molecule has 0 aromatic heterocycles. The lowest BCUT2D eigenvalue weighted by molar-refractivity contribution is 0.182. The molecule has 0 saturated carbocycles. The molecule has 12 heavy (non-hydrogen) atoms. The van der Waals surface area contributed by atoms with E-state index in [1.165, 1.54) is 0 Å². The quantitative estimate of drug-likeness (QED) is 0.476. The van der Waals surface area contributed by atoms with E-state index in [1.807, 2.05) is 13.0 Å². The number of rotatable bonds is 2. The zero-order chi connectivity index (χ0) is 9.14. The Morgan fingerprint density at radius 3 is 2.83 bits per heavy atom. The molecule has 64 valence electrons. The zero-order valence-corrected chi connectivity index (χ0v) is 7.41. The predicted octanol–water partition coefficient (Wildman–Crippen LogP) is 0.227. The van der Waals surface area contributed by atoms with Gasteiger partial charge >= 0.3 is 7.32 Å². The third kappa shape index (κ3) is 2.25. The Hall–Kier alpha value is -0.485. The third-order valence-electron chi connectivity index (χ3n) is 1.55. The third-order valence-corrected chi connectivity index (χ3v) is 2.10. The minimum absolute atomic E-state index is 0.495. The van der Waals surface area contributed by atoms with E-state index in [-0.39, 0.29) is 0 Å². The van der Waals surface area contributed by atoms with Crippen molar-refractivity contribution >= 4 is 24.4 Å². The molecule has 0 spiro atoms. The van der Waals surface area contributed by atoms with Gasteiger partial charge < -0.3 is 14.7 Å². The van der Waals surface area contributed by atoms with Crippen molar-refractivity contribution in [1.82, 2.24) is 0 Å². The molecule has 0 aromatic carbocycles. The summed E-state index contributed by atoms with van der Waals surface area (Å²) < 4.78 is 4.72. The van der Waals surface area contributed by atoms with Gasteiger partial charge in [0.25, 0.3) is 0 Å². The highest BCUT2D eigenvalue weighted by molar-refractivity contribution is 7.81. The van der Waals surface area contributed by atoms with Gasteiger partial charge in [-0.1, -0.05) is 30.4 Å². The normalized spacial score (nSPS) is 22.4. The van der Waals surface area contributed by atoms with Gasteiger partial charge in [0.2, 0.25) is 0 Å². The number of allylic oxidation sites excluding steroid dienone is 2. The summed E-state index contributed by atoms with van der Waals surface area (Å²) in [5, 5.41) is 17.1. The van der Waals surface area contributed by atoms with Crippen LogP contribution < -0.4 is 0 Å². The molecule has 1 aliphatic carbocycles. The van der Waals surface area contributed by atoms with Crippen molar-refractivity contribution in [3.8, 4) is 0 Å². The zero-order valence-electron chi connectivity index (χ0n) is 6.60. The van der Waals surface area contributed by atoms with E-state index in [9.17, 15) is 0 Å². The topological polar surface area (TPSA) is 49.7 Å². The molecule has 1 unspecified atom stereocenters. The van der Waals surface area contributed by atoms with Crippen LogP contribution in [0, 0.1) is 0 Å². The second-order valence-corrected chi connectivity index (χ2v) is 2.92. The maximum Gasteiger partial charge on any atom is 0.634 e. The second kappa shape index (κ2) is 3.95. The molecule has 0 aromatic rings. The number of thiocarbonyl (C=S) groups is 1. The molecule has 0 radical (unpaired) electrons. The molecular formula is C7H9BO3S. The van der Waals surface area contributed by atoms with Gasteiger partial charge in [-0.3, -0.25) is 0 Å². The van der Waals surface area contributed by atoms with Crippen molar-refractivity contribution in [3.05, 3.63) is 23.8 Å². The van der Waals surface area contributed by atoms with Crippen LogP contribution in [0.3, 0.4) is 0 Å². The van der Waals surface area contributed by atoms with Crippen molar-refractivity contribution in [2.24, 2.45) is 0 Å². The first-order chi connectivity index (χ1) is 5.61. The molecule has 0 heterocycles. The van der Waals surface area contributed by atoms with E-state index in [2.05, 4.69) is 0 Å². The van der Waals surface area contributed by atoms with Gasteiger partial charge in [0.15, 0.2) is 0 Å². The minimum Gasteiger partial charge on any atom is -0.402 e. The van der Waals surface area contributed by atoms with Crippen LogP contribution in [0.15, 0.2) is 23.8 Å². The Bertz CT molecular complexity index is 247. The summed E-state index contributed by atoms with van der Waals surface area (Å²) in [4.78, 5) is 0.589. The first-order valence-electron chi connectivity index (χ1n) is 3.52. The smallest absolute Gasteiger partial charge is 0.402 e. The van der Waals surface area contributed by atoms with Crippen LogP contribution in [0.2, 0.25) is 0 Å². The SMILES string of the molecule is CC1=CC=CC(OB(O)O)C1=S. The Morgan fingerprint density at radius 2 is 2.25 bits per heavy atom. The van der Waals surface area contributed by atoms with Gasteiger partial charge in [-0.2, -0.15) is 0 Å². The Morgan fingerprint density at radius 1 is 1.58 bits per heavy atom. The van der Waals surface area contributed by atoms with E-state index < -0.39 is 13.4 Å². The van der Waals surface area contributed by atoms with Gasteiger partial charge in [-0.05, 0) is 12.5 Å². The summed E-state index contributed by atoms with van der Waals surface area (Å²) in [7, 11) is -1.77. The van der Waals surface area contributed by atoms with Crippen LogP contribution in [0.5, 0.6) is 0 Å². The largest absolute Gasteiger partial charge is 0.634 e. The predicted molar refractivity (Wildman–Crippen MR) is 50.6 cm³/mol. The van der Waals surface area contributed by atoms with Crippen LogP contribution in [-0.2, 0) is 4.65 Å². The minimum atomic E-state index is -1.77. The Labute approximate surface area is 76.5 Å². The summed E-state index contributed by atoms with van der Waals surface area (Å²) in [6.45, 7) is 1.85. The first-order valence-corrected chi connectivity index (χ1v) is 3.93. The monoisotopic (exact) mass is 184 g/mol. The molecule has 0 fully saturated rings. The molecule has 0 aliphatic heterocycles. The molecule has 0 saturated heterocycles. The lowest BCUT2D eigenvalue weighted by Gasteiger charge is -2.18. The van der Waals surface area contributed by atoms with Gasteiger partial charge in [0.1, 0.15) is 0 Å². The summed E-state index contributed by atoms with van der Waals surface area (Å²) >= 11 is 5.00. The lowest BCUT2D eigenvalue weighted by Crippen LogP contribution is -2.31. The molecule has 1 aliphatic rings. The molecule has 1 rings (SSSR count). The van der Waals surface area contributed by atoms with E-state index in [4.69, 9.17) is 26.9 Å². The van der Waals surface area contributed by atoms with E-state index >= 15 is 0 Å². The molecule has 5 heteroatoms. The van der Waals surface area contributed by atoms with Crippen LogP contribution in [0.1, 0.15) is 6.92 Å². The average Bonchev–Trinajstić information content (AvgIpc) is 1.98. The number of hydrogen-bond acceptors (Lipinski definition) is 4. The standard InChI is InChI=1S/C7H9BO3S/c1-5-3-2-4-6(7(5)12)11-8(9)10/h2-4,6,9-10H,1H3. The molecule has 0 bridgehead atoms. The molecule has 1 atom stereocenters. The van der Waals surface area contributed by atoms with Gasteiger partial charge in [0, 0.05) is 4.86 Å². The lowest BCUT2D eigenvalue weighted by atomic mass is 10.0. The van der Waals surface area contributed by atoms with Gasteiger partial charge in [0.05, 0.1) is 6.10 Å². The van der Waals surface area contributed by atoms with Gasteiger partial charge in [-0.15, -0.1) is 0 Å². The van der Waals surface area contributed by atoms with E-state index in [0.717, 1.165) is 5.57 Å². The fourth-order valence-electron chi connectivity index (χ4n) is 0.933. The summed E-state index contributed by atoms with van der Waals surface area (Å²) in [5.74, 6) is 0. The fourth-order valence-corrected chi connectivity index (χ4v) is 1.14. The average molecular weight is 184 g/mol. The van der Waals surface area contributed by atoms with Crippen molar-refractivity contribution in [1.29, 1.82) is 0 Å². The maximum atomic E-state index is 8.53. The van der Waals surface area contributed by atoms with E-state index in [0.29, 0.717) is 4.86 Å². The van der Waals surface area contributed by atoms with E-state index in [1.54, 1.807) is 12.2 Å². The maximum absolute atomic E-state index is 8.53.